The van der Waals surface area contributed by atoms with Gasteiger partial charge in [0.05, 0.1) is 17.0 Å². The lowest BCUT2D eigenvalue weighted by Crippen LogP contribution is -2.41. The Labute approximate surface area is 116 Å². The highest BCUT2D eigenvalue weighted by Crippen LogP contribution is 2.27. The van der Waals surface area contributed by atoms with Crippen LogP contribution >= 0.6 is 23.6 Å². The normalized spacial score (nSPS) is 22.7. The molecule has 0 spiro atoms. The minimum absolute atomic E-state index is 0.0723. The molecule has 0 saturated heterocycles. The van der Waals surface area contributed by atoms with E-state index in [0.29, 0.717) is 15.6 Å². The summed E-state index contributed by atoms with van der Waals surface area (Å²) in [6.45, 7) is 0. The molecule has 98 valence electrons. The summed E-state index contributed by atoms with van der Waals surface area (Å²) in [5.74, 6) is 0.768. The van der Waals surface area contributed by atoms with Crippen molar-refractivity contribution in [1.82, 2.24) is 5.32 Å². The predicted molar refractivity (Wildman–Crippen MR) is 76.3 cm³/mol. The standard InChI is InChI=1S/C12H16N2O2S2/c1-16-7-5-10(18-6-7)12(15)14-9-4-2-3-8(9)11(13)17/h5-6,8-9H,2-4H2,1H3,(H2,13,17)(H,14,15). The van der Waals surface area contributed by atoms with E-state index in [0.717, 1.165) is 19.3 Å². The molecule has 0 aromatic carbocycles. The molecule has 2 atom stereocenters. The Morgan fingerprint density at radius 1 is 1.61 bits per heavy atom. The maximum atomic E-state index is 12.1. The van der Waals surface area contributed by atoms with E-state index in [9.17, 15) is 4.79 Å². The molecule has 6 heteroatoms. The van der Waals surface area contributed by atoms with E-state index >= 15 is 0 Å². The Kier molecular flexibility index (Phi) is 4.19. The van der Waals surface area contributed by atoms with E-state index < -0.39 is 0 Å². The van der Waals surface area contributed by atoms with Crippen molar-refractivity contribution in [2.24, 2.45) is 11.7 Å². The van der Waals surface area contributed by atoms with Gasteiger partial charge in [-0.05, 0) is 12.8 Å². The first-order valence-electron chi connectivity index (χ1n) is 5.84. The third-order valence-corrected chi connectivity index (χ3v) is 4.44. The number of nitrogens with two attached hydrogens (primary N) is 1. The van der Waals surface area contributed by atoms with Gasteiger partial charge in [-0.3, -0.25) is 4.79 Å². The van der Waals surface area contributed by atoms with Gasteiger partial charge in [-0.1, -0.05) is 18.6 Å². The quantitative estimate of drug-likeness (QED) is 0.829. The lowest BCUT2D eigenvalue weighted by atomic mass is 10.0. The summed E-state index contributed by atoms with van der Waals surface area (Å²) in [6, 6.07) is 1.81. The summed E-state index contributed by atoms with van der Waals surface area (Å²) in [5, 5.41) is 4.83. The fourth-order valence-corrected chi connectivity index (χ4v) is 3.30. The summed E-state index contributed by atoms with van der Waals surface area (Å²) in [5.41, 5.74) is 5.69. The molecule has 1 saturated carbocycles. The Hall–Kier alpha value is -1.14. The van der Waals surface area contributed by atoms with Crippen LogP contribution in [-0.2, 0) is 0 Å². The van der Waals surface area contributed by atoms with Gasteiger partial charge in [0.1, 0.15) is 5.75 Å². The second-order valence-electron chi connectivity index (χ2n) is 4.37. The topological polar surface area (TPSA) is 64.3 Å². The molecule has 1 aromatic heterocycles. The van der Waals surface area contributed by atoms with Crippen LogP contribution in [0.2, 0.25) is 0 Å². The van der Waals surface area contributed by atoms with Crippen LogP contribution in [0.15, 0.2) is 11.4 Å². The van der Waals surface area contributed by atoms with Crippen LogP contribution in [0.5, 0.6) is 5.75 Å². The zero-order valence-electron chi connectivity index (χ0n) is 10.1. The zero-order valence-corrected chi connectivity index (χ0v) is 11.8. The first kappa shape index (κ1) is 13.3. The number of nitrogens with one attached hydrogen (secondary N) is 1. The van der Waals surface area contributed by atoms with Gasteiger partial charge in [-0.25, -0.2) is 0 Å². The van der Waals surface area contributed by atoms with E-state index in [1.54, 1.807) is 13.2 Å². The van der Waals surface area contributed by atoms with Gasteiger partial charge in [-0.2, -0.15) is 0 Å². The van der Waals surface area contributed by atoms with Gasteiger partial charge in [-0.15, -0.1) is 11.3 Å². The van der Waals surface area contributed by atoms with Crippen LogP contribution in [0, 0.1) is 5.92 Å². The molecule has 1 aromatic rings. The lowest BCUT2D eigenvalue weighted by molar-refractivity contribution is 0.0937. The summed E-state index contributed by atoms with van der Waals surface area (Å²) in [4.78, 5) is 13.2. The van der Waals surface area contributed by atoms with E-state index in [4.69, 9.17) is 22.7 Å². The number of thiocarbonyl (C=S) groups is 1. The number of ether oxygens (including phenoxy) is 1. The highest BCUT2D eigenvalue weighted by molar-refractivity contribution is 7.80. The minimum Gasteiger partial charge on any atom is -0.496 e. The van der Waals surface area contributed by atoms with Crippen LogP contribution in [-0.4, -0.2) is 24.0 Å². The molecule has 2 rings (SSSR count). The van der Waals surface area contributed by atoms with Gasteiger partial charge in [0.15, 0.2) is 0 Å². The molecule has 4 nitrogen and oxygen atoms in total. The summed E-state index contributed by atoms with van der Waals surface area (Å²) >= 11 is 6.41. The van der Waals surface area contributed by atoms with E-state index in [-0.39, 0.29) is 17.9 Å². The molecule has 0 radical (unpaired) electrons. The number of carbonyl (C=O) groups is 1. The van der Waals surface area contributed by atoms with Gasteiger partial charge < -0.3 is 15.8 Å². The second kappa shape index (κ2) is 5.67. The Morgan fingerprint density at radius 3 is 3.00 bits per heavy atom. The van der Waals surface area contributed by atoms with Crippen molar-refractivity contribution in [2.45, 2.75) is 25.3 Å². The molecule has 1 fully saturated rings. The SMILES string of the molecule is COc1csc(C(=O)NC2CCCC2C(N)=S)c1. The summed E-state index contributed by atoms with van der Waals surface area (Å²) < 4.78 is 5.06. The molecule has 1 amide bonds. The number of hydrogen-bond acceptors (Lipinski definition) is 4. The summed E-state index contributed by atoms with van der Waals surface area (Å²) in [6.07, 6.45) is 2.96. The molecule has 0 aliphatic heterocycles. The Bertz CT molecular complexity index is 459. The highest BCUT2D eigenvalue weighted by atomic mass is 32.1. The molecule has 2 unspecified atom stereocenters. The largest absolute Gasteiger partial charge is 0.496 e. The molecule has 18 heavy (non-hydrogen) atoms. The smallest absolute Gasteiger partial charge is 0.261 e. The van der Waals surface area contributed by atoms with Crippen molar-refractivity contribution in [3.8, 4) is 5.75 Å². The van der Waals surface area contributed by atoms with Crippen molar-refractivity contribution in [3.63, 3.8) is 0 Å². The van der Waals surface area contributed by atoms with Gasteiger partial charge >= 0.3 is 0 Å². The summed E-state index contributed by atoms with van der Waals surface area (Å²) in [7, 11) is 1.59. The van der Waals surface area contributed by atoms with Crippen molar-refractivity contribution in [1.29, 1.82) is 0 Å². The van der Waals surface area contributed by atoms with Gasteiger partial charge in [0, 0.05) is 23.4 Å². The molecule has 1 heterocycles. The first-order valence-corrected chi connectivity index (χ1v) is 7.13. The maximum absolute atomic E-state index is 12.1. The van der Waals surface area contributed by atoms with E-state index in [1.165, 1.54) is 11.3 Å². The monoisotopic (exact) mass is 284 g/mol. The molecule has 1 aliphatic carbocycles. The average molecular weight is 284 g/mol. The van der Waals surface area contributed by atoms with Gasteiger partial charge in [0.25, 0.3) is 5.91 Å². The van der Waals surface area contributed by atoms with Crippen molar-refractivity contribution in [3.05, 3.63) is 16.3 Å². The fraction of sp³-hybridized carbons (Fsp3) is 0.500. The van der Waals surface area contributed by atoms with Crippen LogP contribution in [0.3, 0.4) is 0 Å². The predicted octanol–water partition coefficient (Wildman–Crippen LogP) is 1.94. The lowest BCUT2D eigenvalue weighted by Gasteiger charge is -2.19. The number of hydrogen-bond donors (Lipinski definition) is 2. The highest BCUT2D eigenvalue weighted by Gasteiger charge is 2.30. The van der Waals surface area contributed by atoms with Crippen molar-refractivity contribution < 1.29 is 9.53 Å². The van der Waals surface area contributed by atoms with Crippen LogP contribution < -0.4 is 15.8 Å². The average Bonchev–Trinajstić information content (AvgIpc) is 2.96. The zero-order chi connectivity index (χ0) is 13.1. The third-order valence-electron chi connectivity index (χ3n) is 3.23. The number of methoxy groups -OCH3 is 1. The number of thiophene rings is 1. The Balaban J connectivity index is 2.00. The minimum atomic E-state index is -0.0727. The molecular weight excluding hydrogens is 268 g/mol. The van der Waals surface area contributed by atoms with E-state index in [1.807, 2.05) is 5.38 Å². The fourth-order valence-electron chi connectivity index (χ4n) is 2.26. The van der Waals surface area contributed by atoms with Crippen LogP contribution in [0.4, 0.5) is 0 Å². The molecule has 1 aliphatic rings. The van der Waals surface area contributed by atoms with Gasteiger partial charge in [0.2, 0.25) is 0 Å². The van der Waals surface area contributed by atoms with Crippen molar-refractivity contribution >= 4 is 34.5 Å². The first-order chi connectivity index (χ1) is 8.61. The maximum Gasteiger partial charge on any atom is 0.261 e. The van der Waals surface area contributed by atoms with E-state index in [2.05, 4.69) is 5.32 Å². The third kappa shape index (κ3) is 2.81. The molecule has 0 bridgehead atoms. The Morgan fingerprint density at radius 2 is 2.39 bits per heavy atom. The molecular formula is C12H16N2O2S2. The number of rotatable bonds is 4. The van der Waals surface area contributed by atoms with Crippen molar-refractivity contribution in [2.75, 3.05) is 7.11 Å². The van der Waals surface area contributed by atoms with Crippen LogP contribution in [0.25, 0.3) is 0 Å². The van der Waals surface area contributed by atoms with Crippen LogP contribution in [0.1, 0.15) is 28.9 Å². The number of amides is 1. The second-order valence-corrected chi connectivity index (χ2v) is 5.75. The molecule has 3 N–H and O–H groups in total. The number of carbonyl (C=O) groups excluding carboxylic acids is 1.